The standard InChI is InChI=1S/C29H52/c1-7-22-15-17-28(5)23(19-22)11-12-24-26-14-13-25(21(4)10-8-9-20(2)3)29(26,6)18-16-27(24)28/h20-27H,7-19H2,1-6H3/t21-,22+,23+,24+,25-,26+,27+,28+,29-/m1/s1. The lowest BCUT2D eigenvalue weighted by atomic mass is 9.44. The molecule has 0 aromatic rings. The molecule has 0 amide bonds. The van der Waals surface area contributed by atoms with Gasteiger partial charge in [0.25, 0.3) is 0 Å². The van der Waals surface area contributed by atoms with Gasteiger partial charge in [-0.1, -0.05) is 67.2 Å². The van der Waals surface area contributed by atoms with Crippen LogP contribution in [-0.2, 0) is 0 Å². The highest BCUT2D eigenvalue weighted by molar-refractivity contribution is 5.09. The van der Waals surface area contributed by atoms with Gasteiger partial charge in [-0.15, -0.1) is 0 Å². The second-order valence-corrected chi connectivity index (χ2v) is 13.2. The summed E-state index contributed by atoms with van der Waals surface area (Å²) in [4.78, 5) is 0. The van der Waals surface area contributed by atoms with Gasteiger partial charge in [-0.3, -0.25) is 0 Å². The summed E-state index contributed by atoms with van der Waals surface area (Å²) in [6.45, 7) is 15.4. The lowest BCUT2D eigenvalue weighted by Crippen LogP contribution is -2.53. The minimum absolute atomic E-state index is 0.669. The van der Waals surface area contributed by atoms with Crippen molar-refractivity contribution in [2.45, 2.75) is 125 Å². The van der Waals surface area contributed by atoms with Crippen LogP contribution in [0.1, 0.15) is 125 Å². The van der Waals surface area contributed by atoms with Crippen molar-refractivity contribution in [2.75, 3.05) is 0 Å². The molecular weight excluding hydrogens is 348 g/mol. The SMILES string of the molecule is CC[C@H]1CC[C@@]2(C)[C@@H](CC[C@@H]3[C@@H]2CC[C@]2(C)[C@@H]([C@H](C)CCCC(C)C)CC[C@@H]32)C1. The maximum Gasteiger partial charge on any atom is -0.0264 e. The minimum atomic E-state index is 0.669. The van der Waals surface area contributed by atoms with Gasteiger partial charge in [0.2, 0.25) is 0 Å². The summed E-state index contributed by atoms with van der Waals surface area (Å²) in [6.07, 6.45) is 19.8. The topological polar surface area (TPSA) is 0 Å². The fourth-order valence-corrected chi connectivity index (χ4v) is 9.74. The Morgan fingerprint density at radius 1 is 0.793 bits per heavy atom. The Kier molecular flexibility index (Phi) is 6.51. The normalized spacial score (nSPS) is 48.1. The van der Waals surface area contributed by atoms with Gasteiger partial charge in [-0.2, -0.15) is 0 Å². The summed E-state index contributed by atoms with van der Waals surface area (Å²) in [6, 6.07) is 0. The van der Waals surface area contributed by atoms with Crippen molar-refractivity contribution in [1.29, 1.82) is 0 Å². The molecule has 0 nitrogen and oxygen atoms in total. The quantitative estimate of drug-likeness (QED) is 0.417. The second kappa shape index (κ2) is 8.50. The average molecular weight is 401 g/mol. The van der Waals surface area contributed by atoms with Crippen LogP contribution in [0.3, 0.4) is 0 Å². The average Bonchev–Trinajstić information content (AvgIpc) is 3.04. The first-order chi connectivity index (χ1) is 13.8. The third-order valence-corrected chi connectivity index (χ3v) is 11.6. The minimum Gasteiger partial charge on any atom is -0.0651 e. The molecule has 0 unspecified atom stereocenters. The zero-order chi connectivity index (χ0) is 20.8. The molecule has 0 radical (unpaired) electrons. The Morgan fingerprint density at radius 3 is 2.24 bits per heavy atom. The van der Waals surface area contributed by atoms with E-state index in [0.717, 1.165) is 47.3 Å². The van der Waals surface area contributed by atoms with Crippen molar-refractivity contribution in [3.63, 3.8) is 0 Å². The van der Waals surface area contributed by atoms with Crippen molar-refractivity contribution < 1.29 is 0 Å². The number of rotatable bonds is 6. The van der Waals surface area contributed by atoms with Crippen LogP contribution in [0.15, 0.2) is 0 Å². The van der Waals surface area contributed by atoms with Gasteiger partial charge in [0.05, 0.1) is 0 Å². The van der Waals surface area contributed by atoms with Crippen molar-refractivity contribution in [1.82, 2.24) is 0 Å². The highest BCUT2D eigenvalue weighted by atomic mass is 14.6. The maximum atomic E-state index is 2.76. The Morgan fingerprint density at radius 2 is 1.52 bits per heavy atom. The van der Waals surface area contributed by atoms with E-state index in [0.29, 0.717) is 10.8 Å². The molecule has 4 rings (SSSR count). The van der Waals surface area contributed by atoms with Gasteiger partial charge in [0.15, 0.2) is 0 Å². The van der Waals surface area contributed by atoms with Crippen LogP contribution >= 0.6 is 0 Å². The summed E-state index contributed by atoms with van der Waals surface area (Å²) in [5.41, 5.74) is 1.36. The van der Waals surface area contributed by atoms with E-state index in [1.54, 1.807) is 51.4 Å². The second-order valence-electron chi connectivity index (χ2n) is 13.2. The highest BCUT2D eigenvalue weighted by Crippen LogP contribution is 2.68. The molecule has 29 heavy (non-hydrogen) atoms. The molecule has 0 aromatic carbocycles. The molecule has 0 aliphatic heterocycles. The zero-order valence-electron chi connectivity index (χ0n) is 20.8. The Bertz CT molecular complexity index is 548. The first-order valence-corrected chi connectivity index (χ1v) is 13.8. The van der Waals surface area contributed by atoms with Gasteiger partial charge < -0.3 is 0 Å². The summed E-state index contributed by atoms with van der Waals surface area (Å²) in [7, 11) is 0. The molecular formula is C29H52. The Balaban J connectivity index is 1.45. The molecule has 0 heteroatoms. The molecule has 0 heterocycles. The van der Waals surface area contributed by atoms with Crippen LogP contribution in [0, 0.1) is 58.2 Å². The maximum absolute atomic E-state index is 2.76. The largest absolute Gasteiger partial charge is 0.0651 e. The molecule has 168 valence electrons. The van der Waals surface area contributed by atoms with E-state index in [2.05, 4.69) is 41.5 Å². The van der Waals surface area contributed by atoms with Crippen LogP contribution in [0.25, 0.3) is 0 Å². The first kappa shape index (κ1) is 22.2. The molecule has 4 aliphatic carbocycles. The van der Waals surface area contributed by atoms with Crippen molar-refractivity contribution in [3.8, 4) is 0 Å². The number of hydrogen-bond acceptors (Lipinski definition) is 0. The molecule has 0 saturated heterocycles. The third-order valence-electron chi connectivity index (χ3n) is 11.6. The van der Waals surface area contributed by atoms with Crippen LogP contribution in [0.2, 0.25) is 0 Å². The Labute approximate surface area is 183 Å². The zero-order valence-corrected chi connectivity index (χ0v) is 20.8. The summed E-state index contributed by atoms with van der Waals surface area (Å²) < 4.78 is 0. The predicted octanol–water partition coefficient (Wildman–Crippen LogP) is 9.13. The van der Waals surface area contributed by atoms with E-state index in [1.165, 1.54) is 32.1 Å². The van der Waals surface area contributed by atoms with Gasteiger partial charge in [-0.25, -0.2) is 0 Å². The van der Waals surface area contributed by atoms with Crippen molar-refractivity contribution >= 4 is 0 Å². The molecule has 9 atom stereocenters. The summed E-state index contributed by atoms with van der Waals surface area (Å²) >= 11 is 0. The van der Waals surface area contributed by atoms with Gasteiger partial charge in [0.1, 0.15) is 0 Å². The molecule has 0 aromatic heterocycles. The fourth-order valence-electron chi connectivity index (χ4n) is 9.74. The third kappa shape index (κ3) is 3.86. The summed E-state index contributed by atoms with van der Waals surface area (Å²) in [5, 5.41) is 0. The van der Waals surface area contributed by atoms with E-state index in [1.807, 2.05) is 0 Å². The van der Waals surface area contributed by atoms with Gasteiger partial charge in [0, 0.05) is 0 Å². The van der Waals surface area contributed by atoms with Gasteiger partial charge in [-0.05, 0) is 116 Å². The van der Waals surface area contributed by atoms with Crippen molar-refractivity contribution in [2.24, 2.45) is 58.2 Å². The van der Waals surface area contributed by atoms with E-state index in [4.69, 9.17) is 0 Å². The number of hydrogen-bond donors (Lipinski definition) is 0. The Hall–Kier alpha value is 0. The van der Waals surface area contributed by atoms with Gasteiger partial charge >= 0.3 is 0 Å². The monoisotopic (exact) mass is 400 g/mol. The molecule has 4 aliphatic rings. The fraction of sp³-hybridized carbons (Fsp3) is 1.00. The molecule has 4 saturated carbocycles. The van der Waals surface area contributed by atoms with E-state index in [9.17, 15) is 0 Å². The van der Waals surface area contributed by atoms with Crippen LogP contribution in [-0.4, -0.2) is 0 Å². The first-order valence-electron chi connectivity index (χ1n) is 13.8. The lowest BCUT2D eigenvalue weighted by Gasteiger charge is -2.61. The van der Waals surface area contributed by atoms with Crippen LogP contribution in [0.5, 0.6) is 0 Å². The molecule has 0 N–H and O–H groups in total. The van der Waals surface area contributed by atoms with Crippen LogP contribution in [0.4, 0.5) is 0 Å². The number of fused-ring (bicyclic) bond motifs is 5. The van der Waals surface area contributed by atoms with E-state index >= 15 is 0 Å². The molecule has 0 spiro atoms. The lowest BCUT2D eigenvalue weighted by molar-refractivity contribution is -0.121. The van der Waals surface area contributed by atoms with Crippen LogP contribution < -0.4 is 0 Å². The summed E-state index contributed by atoms with van der Waals surface area (Å²) in [5.74, 6) is 8.13. The van der Waals surface area contributed by atoms with E-state index < -0.39 is 0 Å². The molecule has 4 fully saturated rings. The van der Waals surface area contributed by atoms with E-state index in [-0.39, 0.29) is 0 Å². The smallest absolute Gasteiger partial charge is 0.0264 e. The molecule has 0 bridgehead atoms. The predicted molar refractivity (Wildman–Crippen MR) is 127 cm³/mol. The highest BCUT2D eigenvalue weighted by Gasteiger charge is 2.60. The van der Waals surface area contributed by atoms with Crippen molar-refractivity contribution in [3.05, 3.63) is 0 Å².